The number of hydrogen-bond acceptors (Lipinski definition) is 4. The molecule has 0 spiro atoms. The van der Waals surface area contributed by atoms with Crippen molar-refractivity contribution in [2.24, 2.45) is 0 Å². The lowest BCUT2D eigenvalue weighted by Gasteiger charge is -2.40. The molecule has 0 aromatic heterocycles. The molecule has 0 radical (unpaired) electrons. The van der Waals surface area contributed by atoms with E-state index < -0.39 is 5.97 Å². The van der Waals surface area contributed by atoms with Crippen LogP contribution in [0.1, 0.15) is 24.2 Å². The molecule has 1 aromatic rings. The summed E-state index contributed by atoms with van der Waals surface area (Å²) in [5.41, 5.74) is 6.97. The van der Waals surface area contributed by atoms with Crippen LogP contribution in [0, 0.1) is 0 Å². The number of hydrogen-bond donors (Lipinski definition) is 2. The van der Waals surface area contributed by atoms with Gasteiger partial charge in [-0.05, 0) is 26.0 Å². The number of para-hydroxylation sites is 1. The first-order chi connectivity index (χ1) is 8.41. The van der Waals surface area contributed by atoms with Crippen LogP contribution < -0.4 is 10.6 Å². The van der Waals surface area contributed by atoms with Crippen molar-refractivity contribution in [1.82, 2.24) is 0 Å². The molecule has 5 heteroatoms. The summed E-state index contributed by atoms with van der Waals surface area (Å²) in [5.74, 6) is -0.957. The minimum Gasteiger partial charge on any atom is -0.478 e. The monoisotopic (exact) mass is 250 g/mol. The highest BCUT2D eigenvalue weighted by molar-refractivity contribution is 5.98. The predicted molar refractivity (Wildman–Crippen MR) is 70.1 cm³/mol. The third-order valence-corrected chi connectivity index (χ3v) is 3.04. The summed E-state index contributed by atoms with van der Waals surface area (Å²) >= 11 is 0. The summed E-state index contributed by atoms with van der Waals surface area (Å²) in [6.45, 7) is 5.82. The minimum absolute atomic E-state index is 0.243. The lowest BCUT2D eigenvalue weighted by Crippen LogP contribution is -2.49. The molecule has 1 heterocycles. The smallest absolute Gasteiger partial charge is 0.337 e. The van der Waals surface area contributed by atoms with Gasteiger partial charge in [0, 0.05) is 13.1 Å². The van der Waals surface area contributed by atoms with Gasteiger partial charge >= 0.3 is 5.97 Å². The standard InChI is InChI=1S/C13H18N2O3/c1-13(2)8-15(6-7-18-13)11-9(12(16)17)4-3-5-10(11)14/h3-5H,6-8,14H2,1-2H3,(H,16,17). The molecule has 1 aliphatic heterocycles. The van der Waals surface area contributed by atoms with Gasteiger partial charge in [-0.2, -0.15) is 0 Å². The van der Waals surface area contributed by atoms with Crippen LogP contribution in [0.2, 0.25) is 0 Å². The van der Waals surface area contributed by atoms with E-state index in [0.29, 0.717) is 31.1 Å². The van der Waals surface area contributed by atoms with E-state index in [1.807, 2.05) is 18.7 Å². The third-order valence-electron chi connectivity index (χ3n) is 3.04. The molecule has 1 fully saturated rings. The SMILES string of the molecule is CC1(C)CN(c2c(N)cccc2C(=O)O)CCO1. The van der Waals surface area contributed by atoms with E-state index in [4.69, 9.17) is 10.5 Å². The number of ether oxygens (including phenoxy) is 1. The van der Waals surface area contributed by atoms with E-state index in [1.54, 1.807) is 18.2 Å². The molecule has 0 saturated carbocycles. The van der Waals surface area contributed by atoms with Crippen LogP contribution >= 0.6 is 0 Å². The lowest BCUT2D eigenvalue weighted by atomic mass is 10.0. The Morgan fingerprint density at radius 2 is 2.22 bits per heavy atom. The molecule has 2 rings (SSSR count). The first-order valence-corrected chi connectivity index (χ1v) is 5.91. The fraction of sp³-hybridized carbons (Fsp3) is 0.462. The molecule has 18 heavy (non-hydrogen) atoms. The summed E-state index contributed by atoms with van der Waals surface area (Å²) in [7, 11) is 0. The van der Waals surface area contributed by atoms with Crippen LogP contribution in [0.3, 0.4) is 0 Å². The fourth-order valence-electron chi connectivity index (χ4n) is 2.29. The van der Waals surface area contributed by atoms with Gasteiger partial charge in [0.25, 0.3) is 0 Å². The summed E-state index contributed by atoms with van der Waals surface area (Å²) in [6.07, 6.45) is 0. The van der Waals surface area contributed by atoms with Gasteiger partial charge in [-0.3, -0.25) is 0 Å². The second-order valence-corrected chi connectivity index (χ2v) is 5.08. The van der Waals surface area contributed by atoms with Gasteiger partial charge in [-0.1, -0.05) is 6.07 Å². The molecular formula is C13H18N2O3. The zero-order valence-electron chi connectivity index (χ0n) is 10.6. The minimum atomic E-state index is -0.957. The number of anilines is 2. The van der Waals surface area contributed by atoms with E-state index >= 15 is 0 Å². The molecule has 0 aliphatic carbocycles. The normalized spacial score (nSPS) is 18.7. The highest BCUT2D eigenvalue weighted by Gasteiger charge is 2.30. The van der Waals surface area contributed by atoms with Gasteiger partial charge in [0.2, 0.25) is 0 Å². The number of carboxylic acids is 1. The van der Waals surface area contributed by atoms with Crippen molar-refractivity contribution in [3.63, 3.8) is 0 Å². The Bertz CT molecular complexity index is 471. The Morgan fingerprint density at radius 3 is 2.83 bits per heavy atom. The number of nitrogens with two attached hydrogens (primary N) is 1. The highest BCUT2D eigenvalue weighted by atomic mass is 16.5. The summed E-state index contributed by atoms with van der Waals surface area (Å²) < 4.78 is 5.63. The average molecular weight is 250 g/mol. The molecule has 0 atom stereocenters. The average Bonchev–Trinajstić information content (AvgIpc) is 2.27. The number of morpholine rings is 1. The van der Waals surface area contributed by atoms with Crippen molar-refractivity contribution >= 4 is 17.3 Å². The van der Waals surface area contributed by atoms with Crippen LogP contribution in [-0.4, -0.2) is 36.4 Å². The maximum absolute atomic E-state index is 11.3. The molecule has 0 unspecified atom stereocenters. The zero-order chi connectivity index (χ0) is 13.3. The van der Waals surface area contributed by atoms with Crippen LogP contribution in [-0.2, 0) is 4.74 Å². The Morgan fingerprint density at radius 1 is 1.50 bits per heavy atom. The van der Waals surface area contributed by atoms with Gasteiger partial charge in [0.1, 0.15) is 0 Å². The van der Waals surface area contributed by atoms with Gasteiger partial charge in [0.05, 0.1) is 29.1 Å². The van der Waals surface area contributed by atoms with E-state index in [2.05, 4.69) is 0 Å². The van der Waals surface area contributed by atoms with Crippen LogP contribution in [0.4, 0.5) is 11.4 Å². The van der Waals surface area contributed by atoms with Crippen molar-refractivity contribution in [1.29, 1.82) is 0 Å². The second kappa shape index (κ2) is 4.49. The summed E-state index contributed by atoms with van der Waals surface area (Å²) in [6, 6.07) is 4.97. The Hall–Kier alpha value is -1.75. The Kier molecular flexibility index (Phi) is 3.17. The lowest BCUT2D eigenvalue weighted by molar-refractivity contribution is -0.0277. The first kappa shape index (κ1) is 12.7. The number of carboxylic acid groups (broad SMARTS) is 1. The number of carbonyl (C=O) groups is 1. The molecule has 3 N–H and O–H groups in total. The molecule has 98 valence electrons. The van der Waals surface area contributed by atoms with Crippen LogP contribution in [0.5, 0.6) is 0 Å². The molecule has 1 saturated heterocycles. The molecule has 1 aromatic carbocycles. The Labute approximate surface area is 106 Å². The molecule has 5 nitrogen and oxygen atoms in total. The van der Waals surface area contributed by atoms with Crippen LogP contribution in [0.15, 0.2) is 18.2 Å². The van der Waals surface area contributed by atoms with Crippen molar-refractivity contribution in [2.45, 2.75) is 19.4 Å². The first-order valence-electron chi connectivity index (χ1n) is 5.91. The van der Waals surface area contributed by atoms with Crippen LogP contribution in [0.25, 0.3) is 0 Å². The van der Waals surface area contributed by atoms with Crippen molar-refractivity contribution < 1.29 is 14.6 Å². The number of nitrogen functional groups attached to an aromatic ring is 1. The van der Waals surface area contributed by atoms with Crippen molar-refractivity contribution in [3.8, 4) is 0 Å². The van der Waals surface area contributed by atoms with Crippen molar-refractivity contribution in [3.05, 3.63) is 23.8 Å². The number of benzene rings is 1. The van der Waals surface area contributed by atoms with Crippen molar-refractivity contribution in [2.75, 3.05) is 30.3 Å². The Balaban J connectivity index is 2.41. The molecule has 1 aliphatic rings. The number of rotatable bonds is 2. The van der Waals surface area contributed by atoms with E-state index in [1.165, 1.54) is 0 Å². The van der Waals surface area contributed by atoms with Gasteiger partial charge < -0.3 is 20.5 Å². The molecule has 0 amide bonds. The second-order valence-electron chi connectivity index (χ2n) is 5.08. The number of nitrogens with zero attached hydrogens (tertiary/aromatic N) is 1. The van der Waals surface area contributed by atoms with E-state index in [-0.39, 0.29) is 11.2 Å². The van der Waals surface area contributed by atoms with Gasteiger partial charge in [-0.15, -0.1) is 0 Å². The maximum Gasteiger partial charge on any atom is 0.337 e. The maximum atomic E-state index is 11.3. The number of aromatic carboxylic acids is 1. The predicted octanol–water partition coefficient (Wildman–Crippen LogP) is 1.58. The summed E-state index contributed by atoms with van der Waals surface area (Å²) in [4.78, 5) is 13.3. The molecule has 0 bridgehead atoms. The molecular weight excluding hydrogens is 232 g/mol. The van der Waals surface area contributed by atoms with E-state index in [0.717, 1.165) is 0 Å². The van der Waals surface area contributed by atoms with Gasteiger partial charge in [-0.25, -0.2) is 4.79 Å². The largest absolute Gasteiger partial charge is 0.478 e. The quantitative estimate of drug-likeness (QED) is 0.779. The van der Waals surface area contributed by atoms with Gasteiger partial charge in [0.15, 0.2) is 0 Å². The third kappa shape index (κ3) is 2.41. The zero-order valence-corrected chi connectivity index (χ0v) is 10.6. The fourth-order valence-corrected chi connectivity index (χ4v) is 2.29. The van der Waals surface area contributed by atoms with E-state index in [9.17, 15) is 9.90 Å². The topological polar surface area (TPSA) is 75.8 Å². The summed E-state index contributed by atoms with van der Waals surface area (Å²) in [5, 5.41) is 9.24. The highest BCUT2D eigenvalue weighted by Crippen LogP contribution is 2.31.